The molecule has 2 aromatic carbocycles. The monoisotopic (exact) mass is 307 g/mol. The molecule has 0 bridgehead atoms. The lowest BCUT2D eigenvalue weighted by Gasteiger charge is -2.14. The van der Waals surface area contributed by atoms with E-state index in [1.54, 1.807) is 18.0 Å². The highest BCUT2D eigenvalue weighted by Crippen LogP contribution is 2.26. The van der Waals surface area contributed by atoms with Crippen molar-refractivity contribution >= 4 is 17.7 Å². The van der Waals surface area contributed by atoms with Gasteiger partial charge in [-0.3, -0.25) is 0 Å². The molecule has 3 rings (SSSR count). The van der Waals surface area contributed by atoms with Gasteiger partial charge >= 0.3 is 0 Å². The number of rotatable bonds is 5. The summed E-state index contributed by atoms with van der Waals surface area (Å²) in [5.41, 5.74) is 1.22. The second-order valence-electron chi connectivity index (χ2n) is 4.91. The third-order valence-corrected chi connectivity index (χ3v) is 4.19. The summed E-state index contributed by atoms with van der Waals surface area (Å²) < 4.78 is 0. The quantitative estimate of drug-likeness (QED) is 0.687. The molecular formula is C18H17N3S. The van der Waals surface area contributed by atoms with Gasteiger partial charge in [0.1, 0.15) is 5.03 Å². The minimum Gasteiger partial charge on any atom is -0.348 e. The standard InChI is InChI=1S/C18H17N3S/c1-14(15-8-4-2-5-9-15)20-18-19-13-12-17(21-18)22-16-10-6-3-7-11-16/h2-14H,1H3,(H,19,20,21)/t14-/m0/s1. The molecule has 0 radical (unpaired) electrons. The highest BCUT2D eigenvalue weighted by atomic mass is 32.2. The van der Waals surface area contributed by atoms with E-state index in [0.29, 0.717) is 5.95 Å². The summed E-state index contributed by atoms with van der Waals surface area (Å²) in [6, 6.07) is 22.6. The van der Waals surface area contributed by atoms with E-state index in [2.05, 4.69) is 46.5 Å². The van der Waals surface area contributed by atoms with Gasteiger partial charge in [-0.25, -0.2) is 9.97 Å². The zero-order valence-corrected chi connectivity index (χ0v) is 13.1. The zero-order valence-electron chi connectivity index (χ0n) is 12.3. The summed E-state index contributed by atoms with van der Waals surface area (Å²) in [6.45, 7) is 2.11. The number of nitrogens with zero attached hydrogens (tertiary/aromatic N) is 2. The maximum atomic E-state index is 4.57. The lowest BCUT2D eigenvalue weighted by Crippen LogP contribution is -2.09. The normalized spacial score (nSPS) is 11.9. The van der Waals surface area contributed by atoms with Gasteiger partial charge in [-0.05, 0) is 30.7 Å². The van der Waals surface area contributed by atoms with Crippen molar-refractivity contribution in [3.8, 4) is 0 Å². The number of benzene rings is 2. The highest BCUT2D eigenvalue weighted by molar-refractivity contribution is 7.99. The third kappa shape index (κ3) is 3.86. The fourth-order valence-corrected chi connectivity index (χ4v) is 2.89. The molecule has 0 aliphatic heterocycles. The minimum absolute atomic E-state index is 0.165. The van der Waals surface area contributed by atoms with E-state index in [-0.39, 0.29) is 6.04 Å². The first kappa shape index (κ1) is 14.6. The average Bonchev–Trinajstić information content (AvgIpc) is 2.57. The Morgan fingerprint density at radius 3 is 2.32 bits per heavy atom. The van der Waals surface area contributed by atoms with Crippen molar-refractivity contribution in [1.82, 2.24) is 9.97 Å². The second kappa shape index (κ2) is 7.09. The first-order valence-electron chi connectivity index (χ1n) is 7.19. The van der Waals surface area contributed by atoms with Crippen LogP contribution in [0.25, 0.3) is 0 Å². The molecule has 1 N–H and O–H groups in total. The van der Waals surface area contributed by atoms with Crippen LogP contribution in [0.15, 0.2) is 82.8 Å². The first-order chi connectivity index (χ1) is 10.8. The van der Waals surface area contributed by atoms with Crippen LogP contribution in [0.1, 0.15) is 18.5 Å². The van der Waals surface area contributed by atoms with E-state index in [0.717, 1.165) is 5.03 Å². The molecule has 3 aromatic rings. The topological polar surface area (TPSA) is 37.8 Å². The summed E-state index contributed by atoms with van der Waals surface area (Å²) in [5, 5.41) is 4.28. The SMILES string of the molecule is C[C@H](Nc1nccc(Sc2ccccc2)n1)c1ccccc1. The van der Waals surface area contributed by atoms with Crippen molar-refractivity contribution in [2.45, 2.75) is 22.9 Å². The number of aromatic nitrogens is 2. The van der Waals surface area contributed by atoms with Crippen molar-refractivity contribution in [3.05, 3.63) is 78.5 Å². The Balaban J connectivity index is 1.71. The Morgan fingerprint density at radius 1 is 0.909 bits per heavy atom. The Labute approximate surface area is 134 Å². The zero-order chi connectivity index (χ0) is 15.2. The summed E-state index contributed by atoms with van der Waals surface area (Å²) in [7, 11) is 0. The number of anilines is 1. The molecule has 0 fully saturated rings. The van der Waals surface area contributed by atoms with Gasteiger partial charge in [0.15, 0.2) is 0 Å². The molecule has 0 aliphatic rings. The van der Waals surface area contributed by atoms with Gasteiger partial charge in [0.2, 0.25) is 5.95 Å². The summed E-state index contributed by atoms with van der Waals surface area (Å²) in [4.78, 5) is 10.1. The molecule has 0 aliphatic carbocycles. The molecule has 0 unspecified atom stereocenters. The first-order valence-corrected chi connectivity index (χ1v) is 8.00. The van der Waals surface area contributed by atoms with Gasteiger partial charge in [0, 0.05) is 11.1 Å². The lowest BCUT2D eigenvalue weighted by molar-refractivity contribution is 0.851. The third-order valence-electron chi connectivity index (χ3n) is 3.24. The van der Waals surface area contributed by atoms with Gasteiger partial charge < -0.3 is 5.32 Å². The van der Waals surface area contributed by atoms with E-state index in [9.17, 15) is 0 Å². The molecule has 0 saturated carbocycles. The van der Waals surface area contributed by atoms with Crippen molar-refractivity contribution < 1.29 is 0 Å². The predicted octanol–water partition coefficient (Wildman–Crippen LogP) is 4.80. The van der Waals surface area contributed by atoms with Crippen LogP contribution in [0.3, 0.4) is 0 Å². The molecular weight excluding hydrogens is 290 g/mol. The van der Waals surface area contributed by atoms with Gasteiger partial charge in [-0.2, -0.15) is 0 Å². The van der Waals surface area contributed by atoms with Crippen LogP contribution in [0.4, 0.5) is 5.95 Å². The molecule has 0 saturated heterocycles. The van der Waals surface area contributed by atoms with Crippen LogP contribution in [0, 0.1) is 0 Å². The molecule has 1 heterocycles. The smallest absolute Gasteiger partial charge is 0.224 e. The van der Waals surface area contributed by atoms with Crippen LogP contribution in [0.2, 0.25) is 0 Å². The lowest BCUT2D eigenvalue weighted by atomic mass is 10.1. The van der Waals surface area contributed by atoms with Crippen LogP contribution >= 0.6 is 11.8 Å². The van der Waals surface area contributed by atoms with Crippen molar-refractivity contribution in [2.75, 3.05) is 5.32 Å². The summed E-state index contributed by atoms with van der Waals surface area (Å²) in [6.07, 6.45) is 1.79. The van der Waals surface area contributed by atoms with E-state index in [1.807, 2.05) is 42.5 Å². The van der Waals surface area contributed by atoms with Gasteiger partial charge in [-0.1, -0.05) is 60.3 Å². The minimum atomic E-state index is 0.165. The Hall–Kier alpha value is -2.33. The Kier molecular flexibility index (Phi) is 4.71. The van der Waals surface area contributed by atoms with Crippen LogP contribution in [0.5, 0.6) is 0 Å². The van der Waals surface area contributed by atoms with Gasteiger partial charge in [0.05, 0.1) is 6.04 Å². The van der Waals surface area contributed by atoms with Crippen LogP contribution < -0.4 is 5.32 Å². The fraction of sp³-hybridized carbons (Fsp3) is 0.111. The predicted molar refractivity (Wildman–Crippen MR) is 91.1 cm³/mol. The van der Waals surface area contributed by atoms with Crippen molar-refractivity contribution in [3.63, 3.8) is 0 Å². The Bertz CT molecular complexity index is 717. The van der Waals surface area contributed by atoms with E-state index in [4.69, 9.17) is 0 Å². The Morgan fingerprint density at radius 2 is 1.59 bits per heavy atom. The van der Waals surface area contributed by atoms with Crippen molar-refractivity contribution in [2.24, 2.45) is 0 Å². The molecule has 1 atom stereocenters. The highest BCUT2D eigenvalue weighted by Gasteiger charge is 2.07. The van der Waals surface area contributed by atoms with Crippen LogP contribution in [-0.2, 0) is 0 Å². The fourth-order valence-electron chi connectivity index (χ4n) is 2.10. The van der Waals surface area contributed by atoms with Crippen LogP contribution in [-0.4, -0.2) is 9.97 Å². The van der Waals surface area contributed by atoms with E-state index >= 15 is 0 Å². The molecule has 4 heteroatoms. The molecule has 0 spiro atoms. The maximum Gasteiger partial charge on any atom is 0.224 e. The van der Waals surface area contributed by atoms with Gasteiger partial charge in [-0.15, -0.1) is 0 Å². The summed E-state index contributed by atoms with van der Waals surface area (Å²) >= 11 is 1.63. The molecule has 110 valence electrons. The van der Waals surface area contributed by atoms with E-state index < -0.39 is 0 Å². The van der Waals surface area contributed by atoms with Crippen molar-refractivity contribution in [1.29, 1.82) is 0 Å². The molecule has 22 heavy (non-hydrogen) atoms. The maximum absolute atomic E-state index is 4.57. The largest absolute Gasteiger partial charge is 0.348 e. The second-order valence-corrected chi connectivity index (χ2v) is 6.00. The molecule has 0 amide bonds. The number of nitrogens with one attached hydrogen (secondary N) is 1. The number of hydrogen-bond donors (Lipinski definition) is 1. The number of hydrogen-bond acceptors (Lipinski definition) is 4. The average molecular weight is 307 g/mol. The van der Waals surface area contributed by atoms with Gasteiger partial charge in [0.25, 0.3) is 0 Å². The van der Waals surface area contributed by atoms with E-state index in [1.165, 1.54) is 10.5 Å². The molecule has 3 nitrogen and oxygen atoms in total. The summed E-state index contributed by atoms with van der Waals surface area (Å²) in [5.74, 6) is 0.650. The molecule has 1 aromatic heterocycles.